The minimum Gasteiger partial charge on any atom is -0.502 e. The number of amides is 1. The number of carbonyl (C=O) groups excluding carboxylic acids is 1. The zero-order valence-corrected chi connectivity index (χ0v) is 19.3. The molecule has 0 bridgehead atoms. The Hall–Kier alpha value is -4.04. The van der Waals surface area contributed by atoms with Gasteiger partial charge >= 0.3 is 0 Å². The molecule has 0 fully saturated rings. The highest BCUT2D eigenvalue weighted by atomic mass is 32.2. The summed E-state index contributed by atoms with van der Waals surface area (Å²) in [7, 11) is -3.29. The van der Waals surface area contributed by atoms with Crippen LogP contribution in [0, 0.1) is 11.8 Å². The molecule has 3 N–H and O–H groups in total. The largest absolute Gasteiger partial charge is 0.502 e. The highest BCUT2D eigenvalue weighted by Crippen LogP contribution is 2.24. The normalized spacial score (nSPS) is 12.0. The summed E-state index contributed by atoms with van der Waals surface area (Å²) in [6.07, 6.45) is -0.637. The van der Waals surface area contributed by atoms with Gasteiger partial charge in [-0.25, -0.2) is 22.2 Å². The molecule has 0 saturated carbocycles. The second-order valence-corrected chi connectivity index (χ2v) is 9.62. The van der Waals surface area contributed by atoms with Crippen LogP contribution in [0.15, 0.2) is 64.5 Å². The molecule has 0 spiro atoms. The van der Waals surface area contributed by atoms with Crippen LogP contribution in [0.1, 0.15) is 28.3 Å². The number of hydrogen-bond donors (Lipinski definition) is 3. The summed E-state index contributed by atoms with van der Waals surface area (Å²) in [6, 6.07) is 12.9. The van der Waals surface area contributed by atoms with Crippen LogP contribution in [0.25, 0.3) is 0 Å². The maximum atomic E-state index is 12.6. The summed E-state index contributed by atoms with van der Waals surface area (Å²) in [6.45, 7) is -0.876. The van der Waals surface area contributed by atoms with Gasteiger partial charge in [-0.15, -0.1) is 0 Å². The van der Waals surface area contributed by atoms with E-state index in [0.29, 0.717) is 16.7 Å². The van der Waals surface area contributed by atoms with Gasteiger partial charge in [-0.2, -0.15) is 0 Å². The molecule has 0 aliphatic heterocycles. The molecule has 2 aromatic carbocycles. The second kappa shape index (κ2) is 10.9. The lowest BCUT2D eigenvalue weighted by Gasteiger charge is -2.17. The highest BCUT2D eigenvalue weighted by molar-refractivity contribution is 7.90. The lowest BCUT2D eigenvalue weighted by atomic mass is 9.94. The Labute approximate surface area is 200 Å². The zero-order valence-electron chi connectivity index (χ0n) is 18.5. The van der Waals surface area contributed by atoms with Crippen molar-refractivity contribution in [1.82, 2.24) is 15.3 Å². The number of nitrogens with one attached hydrogen (secondary N) is 2. The molecule has 1 aromatic heterocycles. The van der Waals surface area contributed by atoms with Gasteiger partial charge in [0.1, 0.15) is 5.69 Å². The van der Waals surface area contributed by atoms with Crippen LogP contribution in [0.5, 0.6) is 5.75 Å². The molecule has 3 rings (SSSR count). The number of halogens is 2. The number of H-pyrrole nitrogens is 1. The first kappa shape index (κ1) is 25.6. The van der Waals surface area contributed by atoms with Gasteiger partial charge in [-0.3, -0.25) is 9.59 Å². The fourth-order valence-electron chi connectivity index (χ4n) is 3.17. The second-order valence-electron chi connectivity index (χ2n) is 7.60. The first-order chi connectivity index (χ1) is 16.5. The van der Waals surface area contributed by atoms with E-state index in [4.69, 9.17) is 0 Å². The van der Waals surface area contributed by atoms with E-state index in [0.717, 1.165) is 12.6 Å². The van der Waals surface area contributed by atoms with Gasteiger partial charge in [0, 0.05) is 17.4 Å². The smallest absolute Gasteiger partial charge is 0.293 e. The maximum Gasteiger partial charge on any atom is 0.293 e. The van der Waals surface area contributed by atoms with Gasteiger partial charge in [-0.1, -0.05) is 24.0 Å². The molecule has 1 atom stereocenters. The number of benzene rings is 2. The molecule has 1 unspecified atom stereocenters. The van der Waals surface area contributed by atoms with Crippen molar-refractivity contribution in [1.29, 1.82) is 0 Å². The molecule has 0 aliphatic carbocycles. The number of aromatic nitrogens is 2. The Morgan fingerprint density at radius 3 is 2.20 bits per heavy atom. The molecule has 0 aliphatic rings. The Morgan fingerprint density at radius 2 is 1.66 bits per heavy atom. The molecular weight excluding hydrogens is 480 g/mol. The highest BCUT2D eigenvalue weighted by Gasteiger charge is 2.27. The van der Waals surface area contributed by atoms with Crippen molar-refractivity contribution in [3.63, 3.8) is 0 Å². The van der Waals surface area contributed by atoms with Crippen molar-refractivity contribution in [2.75, 3.05) is 12.8 Å². The van der Waals surface area contributed by atoms with Gasteiger partial charge in [0.2, 0.25) is 11.7 Å². The van der Waals surface area contributed by atoms with Crippen LogP contribution >= 0.6 is 0 Å². The number of hydrogen-bond acceptors (Lipinski definition) is 6. The Bertz CT molecular complexity index is 1420. The number of rotatable bonds is 7. The van der Waals surface area contributed by atoms with E-state index in [1.165, 1.54) is 12.1 Å². The molecule has 3 aromatic rings. The predicted octanol–water partition coefficient (Wildman–Crippen LogP) is 1.99. The van der Waals surface area contributed by atoms with Crippen LogP contribution in [0.3, 0.4) is 0 Å². The van der Waals surface area contributed by atoms with Gasteiger partial charge in [-0.05, 0) is 48.4 Å². The molecule has 11 heteroatoms. The number of aromatic hydroxyl groups is 1. The molecule has 182 valence electrons. The molecule has 1 amide bonds. The first-order valence-electron chi connectivity index (χ1n) is 10.3. The summed E-state index contributed by atoms with van der Waals surface area (Å²) < 4.78 is 48.2. The Kier molecular flexibility index (Phi) is 7.98. The van der Waals surface area contributed by atoms with Gasteiger partial charge in [0.05, 0.1) is 23.7 Å². The van der Waals surface area contributed by atoms with Crippen LogP contribution < -0.4 is 10.9 Å². The van der Waals surface area contributed by atoms with E-state index in [1.807, 2.05) is 0 Å². The molecule has 0 saturated heterocycles. The standard InChI is InChI=1S/C24H21F2N3O5S/c1-35(33,34)18-10-8-16(9-11-18)3-2-15-4-6-17(7-5-15)12-19(23(31)27-13-20(25)26)21-22(30)24(32)29-14-28-21/h4-11,14,19-20,30H,12-13H2,1H3,(H,27,31)(H,28,29,32). The lowest BCUT2D eigenvalue weighted by Crippen LogP contribution is -2.34. The third kappa shape index (κ3) is 6.97. The van der Waals surface area contributed by atoms with E-state index in [9.17, 15) is 31.9 Å². The SMILES string of the molecule is CS(=O)(=O)c1ccc(C#Cc2ccc(CC(C(=O)NCC(F)F)c3nc[nH]c(=O)c3O)cc2)cc1. The monoisotopic (exact) mass is 501 g/mol. The van der Waals surface area contributed by atoms with Crippen LogP contribution in [0.4, 0.5) is 8.78 Å². The third-order valence-electron chi connectivity index (χ3n) is 4.96. The average Bonchev–Trinajstić information content (AvgIpc) is 2.82. The Balaban J connectivity index is 1.80. The zero-order chi connectivity index (χ0) is 25.6. The van der Waals surface area contributed by atoms with Crippen molar-refractivity contribution in [3.05, 3.63) is 87.6 Å². The van der Waals surface area contributed by atoms with Crippen LogP contribution in [0.2, 0.25) is 0 Å². The molecule has 8 nitrogen and oxygen atoms in total. The fourth-order valence-corrected chi connectivity index (χ4v) is 3.80. The third-order valence-corrected chi connectivity index (χ3v) is 6.09. The summed E-state index contributed by atoms with van der Waals surface area (Å²) in [5.74, 6) is 3.13. The van der Waals surface area contributed by atoms with Gasteiger partial charge in [0.25, 0.3) is 12.0 Å². The van der Waals surface area contributed by atoms with Crippen LogP contribution in [-0.2, 0) is 21.1 Å². The van der Waals surface area contributed by atoms with E-state index >= 15 is 0 Å². The van der Waals surface area contributed by atoms with Crippen molar-refractivity contribution in [3.8, 4) is 17.6 Å². The quantitative estimate of drug-likeness (QED) is 0.425. The topological polar surface area (TPSA) is 129 Å². The van der Waals surface area contributed by atoms with Crippen molar-refractivity contribution < 1.29 is 27.1 Å². The van der Waals surface area contributed by atoms with Gasteiger partial charge in [0.15, 0.2) is 9.84 Å². The molecular formula is C24H21F2N3O5S. The molecule has 35 heavy (non-hydrogen) atoms. The minimum absolute atomic E-state index is 0.0141. The summed E-state index contributed by atoms with van der Waals surface area (Å²) in [5.41, 5.74) is 0.801. The van der Waals surface area contributed by atoms with Crippen molar-refractivity contribution >= 4 is 15.7 Å². The number of nitrogens with zero attached hydrogens (tertiary/aromatic N) is 1. The van der Waals surface area contributed by atoms with E-state index in [-0.39, 0.29) is 17.0 Å². The number of alkyl halides is 2. The minimum atomic E-state index is -3.29. The van der Waals surface area contributed by atoms with Crippen molar-refractivity contribution in [2.24, 2.45) is 0 Å². The maximum absolute atomic E-state index is 12.6. The average molecular weight is 502 g/mol. The van der Waals surface area contributed by atoms with E-state index in [1.54, 1.807) is 36.4 Å². The molecule has 1 heterocycles. The van der Waals surface area contributed by atoms with Gasteiger partial charge < -0.3 is 15.4 Å². The number of aromatic amines is 1. The van der Waals surface area contributed by atoms with Crippen molar-refractivity contribution in [2.45, 2.75) is 23.7 Å². The van der Waals surface area contributed by atoms with Crippen LogP contribution in [-0.4, -0.2) is 48.6 Å². The molecule has 0 radical (unpaired) electrons. The predicted molar refractivity (Wildman–Crippen MR) is 124 cm³/mol. The Morgan fingerprint density at radius 1 is 1.09 bits per heavy atom. The number of sulfone groups is 1. The van der Waals surface area contributed by atoms with E-state index < -0.39 is 45.9 Å². The summed E-state index contributed by atoms with van der Waals surface area (Å²) in [4.78, 5) is 30.6. The number of carbonyl (C=O) groups is 1. The fraction of sp³-hybridized carbons (Fsp3) is 0.208. The summed E-state index contributed by atoms with van der Waals surface area (Å²) in [5, 5.41) is 12.2. The lowest BCUT2D eigenvalue weighted by molar-refractivity contribution is -0.123. The first-order valence-corrected chi connectivity index (χ1v) is 12.2. The summed E-state index contributed by atoms with van der Waals surface area (Å²) >= 11 is 0. The van der Waals surface area contributed by atoms with E-state index in [2.05, 4.69) is 27.1 Å².